The summed E-state index contributed by atoms with van der Waals surface area (Å²) in [6.07, 6.45) is 0.571. The number of carbonyl (C=O) groups is 1. The standard InChI is InChI=1S/C14H19IN2O2/c1-14(2,3)19-13(18)16-8-11-6-9-4-5-10(15)7-12(9)17-11/h4-5,7,11,17H,6,8H2,1-3H3,(H,16,18). The molecule has 104 valence electrons. The first kappa shape index (κ1) is 14.4. The van der Waals surface area contributed by atoms with E-state index >= 15 is 0 Å². The topological polar surface area (TPSA) is 50.4 Å². The van der Waals surface area contributed by atoms with Crippen molar-refractivity contribution in [2.75, 3.05) is 11.9 Å². The third kappa shape index (κ3) is 4.26. The maximum absolute atomic E-state index is 11.6. The number of rotatable bonds is 2. The summed E-state index contributed by atoms with van der Waals surface area (Å²) in [6, 6.07) is 6.60. The van der Waals surface area contributed by atoms with Crippen LogP contribution in [0.15, 0.2) is 18.2 Å². The molecule has 4 nitrogen and oxygen atoms in total. The number of amides is 1. The van der Waals surface area contributed by atoms with Crippen LogP contribution in [0.25, 0.3) is 0 Å². The minimum atomic E-state index is -0.452. The van der Waals surface area contributed by atoms with Crippen LogP contribution in [0.3, 0.4) is 0 Å². The van der Waals surface area contributed by atoms with Crippen molar-refractivity contribution in [1.29, 1.82) is 0 Å². The van der Waals surface area contributed by atoms with E-state index in [9.17, 15) is 4.79 Å². The number of fused-ring (bicyclic) bond motifs is 1. The summed E-state index contributed by atoms with van der Waals surface area (Å²) in [4.78, 5) is 11.6. The van der Waals surface area contributed by atoms with Crippen LogP contribution in [0.1, 0.15) is 26.3 Å². The van der Waals surface area contributed by atoms with Crippen molar-refractivity contribution in [3.63, 3.8) is 0 Å². The average Bonchev–Trinajstić information content (AvgIpc) is 2.66. The van der Waals surface area contributed by atoms with Gasteiger partial charge in [-0.2, -0.15) is 0 Å². The van der Waals surface area contributed by atoms with Gasteiger partial charge in [0.25, 0.3) is 0 Å². The van der Waals surface area contributed by atoms with Crippen LogP contribution in [-0.2, 0) is 11.2 Å². The van der Waals surface area contributed by atoms with E-state index in [1.54, 1.807) is 0 Å². The fraction of sp³-hybridized carbons (Fsp3) is 0.500. The second kappa shape index (κ2) is 5.56. The fourth-order valence-corrected chi connectivity index (χ4v) is 2.53. The Balaban J connectivity index is 1.83. The minimum absolute atomic E-state index is 0.237. The highest BCUT2D eigenvalue weighted by Gasteiger charge is 2.22. The molecule has 19 heavy (non-hydrogen) atoms. The van der Waals surface area contributed by atoms with E-state index in [1.807, 2.05) is 20.8 Å². The van der Waals surface area contributed by atoms with Crippen LogP contribution >= 0.6 is 22.6 Å². The van der Waals surface area contributed by atoms with Gasteiger partial charge in [0.1, 0.15) is 5.60 Å². The fourth-order valence-electron chi connectivity index (χ4n) is 2.04. The number of carbonyl (C=O) groups excluding carboxylic acids is 1. The molecule has 5 heteroatoms. The molecule has 0 aromatic heterocycles. The van der Waals surface area contributed by atoms with Gasteiger partial charge in [0, 0.05) is 21.8 Å². The molecule has 1 unspecified atom stereocenters. The van der Waals surface area contributed by atoms with Gasteiger partial charge in [-0.05, 0) is 67.5 Å². The van der Waals surface area contributed by atoms with Crippen LogP contribution in [0, 0.1) is 3.57 Å². The Morgan fingerprint density at radius 3 is 2.95 bits per heavy atom. The molecule has 0 saturated carbocycles. The van der Waals surface area contributed by atoms with E-state index < -0.39 is 5.60 Å². The first-order chi connectivity index (χ1) is 8.83. The van der Waals surface area contributed by atoms with E-state index in [4.69, 9.17) is 4.74 Å². The zero-order chi connectivity index (χ0) is 14.0. The number of nitrogens with one attached hydrogen (secondary N) is 2. The van der Waals surface area contributed by atoms with Gasteiger partial charge in [0.2, 0.25) is 0 Å². The molecule has 0 radical (unpaired) electrons. The molecule has 1 aromatic rings. The Hall–Kier alpha value is -0.980. The molecule has 0 spiro atoms. The first-order valence-electron chi connectivity index (χ1n) is 6.35. The number of halogens is 1. The van der Waals surface area contributed by atoms with E-state index in [0.717, 1.165) is 6.42 Å². The third-order valence-electron chi connectivity index (χ3n) is 2.79. The van der Waals surface area contributed by atoms with Gasteiger partial charge in [0.15, 0.2) is 0 Å². The highest BCUT2D eigenvalue weighted by molar-refractivity contribution is 14.1. The highest BCUT2D eigenvalue weighted by Crippen LogP contribution is 2.27. The van der Waals surface area contributed by atoms with E-state index in [2.05, 4.69) is 51.4 Å². The SMILES string of the molecule is CC(C)(C)OC(=O)NCC1Cc2ccc(I)cc2N1. The van der Waals surface area contributed by atoms with E-state index in [1.165, 1.54) is 14.8 Å². The summed E-state index contributed by atoms with van der Waals surface area (Å²) < 4.78 is 6.43. The molecule has 2 rings (SSSR count). The van der Waals surface area contributed by atoms with E-state index in [0.29, 0.717) is 6.54 Å². The highest BCUT2D eigenvalue weighted by atomic mass is 127. The summed E-state index contributed by atoms with van der Waals surface area (Å²) >= 11 is 2.30. The van der Waals surface area contributed by atoms with Crippen LogP contribution in [0.4, 0.5) is 10.5 Å². The lowest BCUT2D eigenvalue weighted by Gasteiger charge is -2.20. The van der Waals surface area contributed by atoms with Crippen LogP contribution < -0.4 is 10.6 Å². The van der Waals surface area contributed by atoms with Crippen LogP contribution in [0.2, 0.25) is 0 Å². The smallest absolute Gasteiger partial charge is 0.407 e. The molecular weight excluding hydrogens is 355 g/mol. The monoisotopic (exact) mass is 374 g/mol. The molecule has 0 bridgehead atoms. The number of hydrogen-bond donors (Lipinski definition) is 2. The Morgan fingerprint density at radius 1 is 1.53 bits per heavy atom. The summed E-state index contributed by atoms with van der Waals surface area (Å²) in [6.45, 7) is 6.15. The molecule has 1 aliphatic heterocycles. The quantitative estimate of drug-likeness (QED) is 0.782. The summed E-state index contributed by atoms with van der Waals surface area (Å²) in [5, 5.41) is 6.22. The maximum Gasteiger partial charge on any atom is 0.407 e. The van der Waals surface area contributed by atoms with Gasteiger partial charge in [-0.1, -0.05) is 6.07 Å². The van der Waals surface area contributed by atoms with Gasteiger partial charge in [0.05, 0.1) is 0 Å². The lowest BCUT2D eigenvalue weighted by atomic mass is 10.1. The van der Waals surface area contributed by atoms with Crippen molar-refractivity contribution in [2.24, 2.45) is 0 Å². The summed E-state index contributed by atoms with van der Waals surface area (Å²) in [5.41, 5.74) is 2.02. The number of ether oxygens (including phenoxy) is 1. The van der Waals surface area contributed by atoms with Crippen molar-refractivity contribution in [1.82, 2.24) is 5.32 Å². The van der Waals surface area contributed by atoms with Crippen molar-refractivity contribution in [3.05, 3.63) is 27.3 Å². The van der Waals surface area contributed by atoms with Gasteiger partial charge in [-0.15, -0.1) is 0 Å². The average molecular weight is 374 g/mol. The first-order valence-corrected chi connectivity index (χ1v) is 7.43. The molecule has 1 aromatic carbocycles. The summed E-state index contributed by atoms with van der Waals surface area (Å²) in [7, 11) is 0. The van der Waals surface area contributed by atoms with Gasteiger partial charge < -0.3 is 15.4 Å². The zero-order valence-electron chi connectivity index (χ0n) is 11.4. The molecule has 2 N–H and O–H groups in total. The maximum atomic E-state index is 11.6. The molecule has 0 fully saturated rings. The number of hydrogen-bond acceptors (Lipinski definition) is 3. The summed E-state index contributed by atoms with van der Waals surface area (Å²) in [5.74, 6) is 0. The van der Waals surface area contributed by atoms with Crippen molar-refractivity contribution < 1.29 is 9.53 Å². The Bertz CT molecular complexity index is 483. The third-order valence-corrected chi connectivity index (χ3v) is 3.46. The van der Waals surface area contributed by atoms with Crippen LogP contribution in [0.5, 0.6) is 0 Å². The Kier molecular flexibility index (Phi) is 4.23. The van der Waals surface area contributed by atoms with Crippen LogP contribution in [-0.4, -0.2) is 24.3 Å². The van der Waals surface area contributed by atoms with Crippen molar-refractivity contribution in [2.45, 2.75) is 38.8 Å². The number of anilines is 1. The lowest BCUT2D eigenvalue weighted by molar-refractivity contribution is 0.0526. The predicted octanol–water partition coefficient (Wildman–Crippen LogP) is 3.15. The number of alkyl carbamates (subject to hydrolysis) is 1. The molecule has 0 aliphatic carbocycles. The lowest BCUT2D eigenvalue weighted by Crippen LogP contribution is -2.38. The Labute approximate surface area is 127 Å². The number of benzene rings is 1. The van der Waals surface area contributed by atoms with Gasteiger partial charge in [-0.3, -0.25) is 0 Å². The largest absolute Gasteiger partial charge is 0.444 e. The van der Waals surface area contributed by atoms with Gasteiger partial charge >= 0.3 is 6.09 Å². The molecule has 1 aliphatic rings. The Morgan fingerprint density at radius 2 is 2.26 bits per heavy atom. The molecule has 0 saturated heterocycles. The predicted molar refractivity (Wildman–Crippen MR) is 84.5 cm³/mol. The van der Waals surface area contributed by atoms with Gasteiger partial charge in [-0.25, -0.2) is 4.79 Å². The second-order valence-electron chi connectivity index (χ2n) is 5.73. The van der Waals surface area contributed by atoms with E-state index in [-0.39, 0.29) is 12.1 Å². The minimum Gasteiger partial charge on any atom is -0.444 e. The molecule has 1 atom stereocenters. The molecular formula is C14H19IN2O2. The second-order valence-corrected chi connectivity index (χ2v) is 6.98. The molecule has 1 amide bonds. The van der Waals surface area contributed by atoms with Crippen molar-refractivity contribution in [3.8, 4) is 0 Å². The normalized spacial score (nSPS) is 17.6. The molecule has 1 heterocycles. The zero-order valence-corrected chi connectivity index (χ0v) is 13.6. The van der Waals surface area contributed by atoms with Crippen molar-refractivity contribution >= 4 is 34.4 Å².